The van der Waals surface area contributed by atoms with Gasteiger partial charge >= 0.3 is 18.4 Å². The highest BCUT2D eigenvalue weighted by atomic mass is 19.4. The van der Waals surface area contributed by atoms with Crippen LogP contribution < -0.4 is 15.0 Å². The van der Waals surface area contributed by atoms with E-state index >= 15 is 0 Å². The number of ether oxygens (including phenoxy) is 2. The Bertz CT molecular complexity index is 1860. The zero-order valence-corrected chi connectivity index (χ0v) is 28.3. The molecule has 2 fully saturated rings. The van der Waals surface area contributed by atoms with Crippen molar-refractivity contribution in [3.63, 3.8) is 0 Å². The Hall–Kier alpha value is -5.05. The molecule has 52 heavy (non-hydrogen) atoms. The summed E-state index contributed by atoms with van der Waals surface area (Å²) in [4.78, 5) is 43.8. The number of urea groups is 1. The third-order valence-electron chi connectivity index (χ3n) is 9.69. The Kier molecular flexibility index (Phi) is 9.77. The molecule has 0 spiro atoms. The molecule has 0 bridgehead atoms. The van der Waals surface area contributed by atoms with E-state index in [9.17, 15) is 40.7 Å². The quantitative estimate of drug-likeness (QED) is 0.205. The van der Waals surface area contributed by atoms with Crippen LogP contribution in [0.3, 0.4) is 0 Å². The second-order valence-corrected chi connectivity index (χ2v) is 13.0. The molecule has 6 rings (SSSR count). The minimum absolute atomic E-state index is 0.0940. The smallest absolute Gasteiger partial charge is 0.430 e. The summed E-state index contributed by atoms with van der Waals surface area (Å²) in [6.45, 7) is 2.80. The highest BCUT2D eigenvalue weighted by Crippen LogP contribution is 2.54. The van der Waals surface area contributed by atoms with E-state index in [1.807, 2.05) is 6.07 Å². The van der Waals surface area contributed by atoms with Crippen LogP contribution in [0.15, 0.2) is 72.8 Å². The van der Waals surface area contributed by atoms with E-state index in [1.54, 1.807) is 36.9 Å². The summed E-state index contributed by atoms with van der Waals surface area (Å²) in [6, 6.07) is 14.7. The molecule has 0 radical (unpaired) electrons. The average molecular weight is 731 g/mol. The molecule has 0 aliphatic carbocycles. The number of nitrogens with zero attached hydrogens (tertiary/aromatic N) is 3. The van der Waals surface area contributed by atoms with Gasteiger partial charge in [0.1, 0.15) is 17.8 Å². The van der Waals surface area contributed by atoms with Crippen molar-refractivity contribution in [2.24, 2.45) is 0 Å². The van der Waals surface area contributed by atoms with Crippen LogP contribution in [0, 0.1) is 0 Å². The molecular weight excluding hydrogens is 694 g/mol. The van der Waals surface area contributed by atoms with Gasteiger partial charge in [0.25, 0.3) is 11.5 Å². The molecule has 3 aliphatic rings. The number of anilines is 1. The molecule has 3 aromatic carbocycles. The van der Waals surface area contributed by atoms with E-state index in [1.165, 1.54) is 47.4 Å². The fourth-order valence-corrected chi connectivity index (χ4v) is 6.82. The summed E-state index contributed by atoms with van der Waals surface area (Å²) in [5.74, 6) is -0.457. The van der Waals surface area contributed by atoms with Crippen molar-refractivity contribution in [1.29, 1.82) is 0 Å². The second kappa shape index (κ2) is 13.8. The molecule has 2 saturated heterocycles. The summed E-state index contributed by atoms with van der Waals surface area (Å²) >= 11 is 0. The summed E-state index contributed by atoms with van der Waals surface area (Å²) in [5.41, 5.74) is -5.04. The topological polar surface area (TPSA) is 91.4 Å². The minimum Gasteiger partial charge on any atom is -0.493 e. The zero-order valence-electron chi connectivity index (χ0n) is 28.3. The van der Waals surface area contributed by atoms with Gasteiger partial charge in [-0.15, -0.1) is 0 Å². The van der Waals surface area contributed by atoms with E-state index in [0.29, 0.717) is 23.6 Å². The number of hydrogen-bond acceptors (Lipinski definition) is 6. The number of benzene rings is 3. The van der Waals surface area contributed by atoms with E-state index in [0.717, 1.165) is 29.0 Å². The van der Waals surface area contributed by atoms with Gasteiger partial charge in [0.05, 0.1) is 13.2 Å². The summed E-state index contributed by atoms with van der Waals surface area (Å²) in [5, 5.41) is 2.69. The first kappa shape index (κ1) is 36.7. The number of amides is 4. The first-order chi connectivity index (χ1) is 24.6. The van der Waals surface area contributed by atoms with Crippen LogP contribution >= 0.6 is 0 Å². The maximum atomic E-state index is 14.6. The summed E-state index contributed by atoms with van der Waals surface area (Å²) in [6.07, 6.45) is -8.07. The lowest BCUT2D eigenvalue weighted by atomic mass is 9.89. The molecule has 0 saturated carbocycles. The molecule has 4 amide bonds. The number of hydrogen-bond donors (Lipinski definition) is 1. The number of carbonyl (C=O) groups excluding carboxylic acids is 3. The fourth-order valence-electron chi connectivity index (χ4n) is 6.82. The van der Waals surface area contributed by atoms with Gasteiger partial charge in [-0.25, -0.2) is 4.79 Å². The number of piperazine rings is 1. The third kappa shape index (κ3) is 6.57. The molecule has 15 heteroatoms. The largest absolute Gasteiger partial charge is 0.493 e. The van der Waals surface area contributed by atoms with Crippen molar-refractivity contribution < 1.29 is 50.2 Å². The lowest BCUT2D eigenvalue weighted by Crippen LogP contribution is -2.56. The van der Waals surface area contributed by atoms with Gasteiger partial charge in [0, 0.05) is 43.9 Å². The Balaban J connectivity index is 1.17. The van der Waals surface area contributed by atoms with Crippen LogP contribution in [0.25, 0.3) is 6.08 Å². The molecule has 276 valence electrons. The molecule has 1 N–H and O–H groups in total. The summed E-state index contributed by atoms with van der Waals surface area (Å²) in [7, 11) is 0. The van der Waals surface area contributed by atoms with Crippen LogP contribution in [-0.4, -0.2) is 79.3 Å². The van der Waals surface area contributed by atoms with Crippen LogP contribution in [0.1, 0.15) is 41.7 Å². The number of imide groups is 1. The van der Waals surface area contributed by atoms with Crippen molar-refractivity contribution >= 4 is 29.6 Å². The Morgan fingerprint density at radius 3 is 2.29 bits per heavy atom. The van der Waals surface area contributed by atoms with E-state index in [-0.39, 0.29) is 37.3 Å². The maximum Gasteiger partial charge on any atom is 0.430 e. The van der Waals surface area contributed by atoms with Gasteiger partial charge in [-0.2, -0.15) is 26.3 Å². The first-order valence-electron chi connectivity index (χ1n) is 16.6. The SMILES string of the molecule is CC=Cc1cc(C(OCc2ccccc2)(C(F)(F)F)C(F)(F)F)ccc1N1CCN(C(=O)CN2C(=O)NC(C)(c3ccc4c(c3)OCC4)C2=O)CC1. The van der Waals surface area contributed by atoms with Gasteiger partial charge in [-0.05, 0) is 54.3 Å². The molecule has 1 atom stereocenters. The van der Waals surface area contributed by atoms with E-state index in [2.05, 4.69) is 5.32 Å². The first-order valence-corrected chi connectivity index (χ1v) is 16.6. The predicted molar refractivity (Wildman–Crippen MR) is 178 cm³/mol. The number of allylic oxidation sites excluding steroid dienone is 1. The highest BCUT2D eigenvalue weighted by Gasteiger charge is 2.73. The number of carbonyl (C=O) groups is 3. The Morgan fingerprint density at radius 2 is 1.63 bits per heavy atom. The second-order valence-electron chi connectivity index (χ2n) is 13.0. The van der Waals surface area contributed by atoms with Crippen molar-refractivity contribution in [1.82, 2.24) is 15.1 Å². The maximum absolute atomic E-state index is 14.6. The zero-order chi connectivity index (χ0) is 37.5. The van der Waals surface area contributed by atoms with Crippen LogP contribution in [0.5, 0.6) is 5.75 Å². The van der Waals surface area contributed by atoms with Crippen molar-refractivity contribution in [3.8, 4) is 5.75 Å². The number of nitrogens with one attached hydrogen (secondary N) is 1. The Labute approximate surface area is 295 Å². The van der Waals surface area contributed by atoms with E-state index < -0.39 is 60.1 Å². The number of fused-ring (bicyclic) bond motifs is 1. The molecular formula is C37H36F6N4O5. The van der Waals surface area contributed by atoms with Crippen molar-refractivity contribution in [2.75, 3.05) is 44.2 Å². The molecule has 3 heterocycles. The van der Waals surface area contributed by atoms with Gasteiger partial charge in [0.2, 0.25) is 5.91 Å². The van der Waals surface area contributed by atoms with Crippen molar-refractivity contribution in [2.45, 2.75) is 50.4 Å². The molecule has 3 aliphatic heterocycles. The van der Waals surface area contributed by atoms with Crippen LogP contribution in [-0.2, 0) is 38.5 Å². The molecule has 9 nitrogen and oxygen atoms in total. The van der Waals surface area contributed by atoms with Crippen LogP contribution in [0.2, 0.25) is 0 Å². The third-order valence-corrected chi connectivity index (χ3v) is 9.69. The van der Waals surface area contributed by atoms with Crippen LogP contribution in [0.4, 0.5) is 36.8 Å². The lowest BCUT2D eigenvalue weighted by molar-refractivity contribution is -0.392. The average Bonchev–Trinajstić information content (AvgIpc) is 3.66. The number of halogens is 6. The highest BCUT2D eigenvalue weighted by molar-refractivity contribution is 6.09. The number of alkyl halides is 6. The fraction of sp³-hybridized carbons (Fsp3) is 0.378. The monoisotopic (exact) mass is 730 g/mol. The lowest BCUT2D eigenvalue weighted by Gasteiger charge is -2.39. The Morgan fingerprint density at radius 1 is 0.942 bits per heavy atom. The van der Waals surface area contributed by atoms with E-state index in [4.69, 9.17) is 9.47 Å². The summed E-state index contributed by atoms with van der Waals surface area (Å²) < 4.78 is 97.8. The molecule has 3 aromatic rings. The van der Waals surface area contributed by atoms with Crippen molar-refractivity contribution in [3.05, 3.63) is 101 Å². The predicted octanol–water partition coefficient (Wildman–Crippen LogP) is 6.31. The standard InChI is InChI=1S/C37H36F6N4O5/c1-3-7-26-20-28(35(36(38,39)40,37(41,42)43)52-23-24-8-5-4-6-9-24)12-13-29(26)45-15-17-46(18-16-45)31(48)22-47-32(49)34(2,44-33(47)50)27-11-10-25-14-19-51-30(25)21-27/h3-13,20-21H,14-19,22-23H2,1-2H3,(H,44,50). The van der Waals surface area contributed by atoms with Gasteiger partial charge in [-0.3, -0.25) is 14.5 Å². The molecule has 1 unspecified atom stereocenters. The van der Waals surface area contributed by atoms with Gasteiger partial charge in [-0.1, -0.05) is 60.7 Å². The van der Waals surface area contributed by atoms with Gasteiger partial charge < -0.3 is 24.6 Å². The molecule has 0 aromatic heterocycles. The van der Waals surface area contributed by atoms with Gasteiger partial charge in [0.15, 0.2) is 0 Å². The number of rotatable bonds is 9. The minimum atomic E-state index is -5.86. The normalized spacial score (nSPS) is 19.7.